The van der Waals surface area contributed by atoms with Crippen LogP contribution in [0.2, 0.25) is 6.04 Å². The highest BCUT2D eigenvalue weighted by Gasteiger charge is 2.34. The largest absolute Gasteiger partial charge is 0.499 e. The van der Waals surface area contributed by atoms with Crippen LogP contribution in [-0.2, 0) is 13.3 Å². The van der Waals surface area contributed by atoms with Crippen molar-refractivity contribution in [3.05, 3.63) is 0 Å². The van der Waals surface area contributed by atoms with Crippen LogP contribution in [0.15, 0.2) is 0 Å². The quantitative estimate of drug-likeness (QED) is 0.594. The summed E-state index contributed by atoms with van der Waals surface area (Å²) < 4.78 is 15.2. The molecule has 0 aromatic heterocycles. The summed E-state index contributed by atoms with van der Waals surface area (Å²) in [7, 11) is 3.46. The Morgan fingerprint density at radius 3 is 1.36 bits per heavy atom. The zero-order valence-electron chi connectivity index (χ0n) is 8.01. The molecule has 0 aliphatic heterocycles. The first-order chi connectivity index (χ1) is 5.24. The summed E-state index contributed by atoms with van der Waals surface area (Å²) in [5.41, 5.74) is 0. The topological polar surface area (TPSA) is 53.7 Å². The first-order valence-electron chi connectivity index (χ1n) is 3.48. The lowest BCUT2D eigenvalue weighted by Crippen LogP contribution is -2.41. The van der Waals surface area contributed by atoms with Gasteiger partial charge in [0.25, 0.3) is 0 Å². The Kier molecular flexibility index (Phi) is 10.5. The molecule has 0 aliphatic rings. The lowest BCUT2D eigenvalue weighted by molar-refractivity contribution is 0.125. The second-order valence-corrected chi connectivity index (χ2v) is 4.95. The minimum atomic E-state index is -2.19. The lowest BCUT2D eigenvalue weighted by Gasteiger charge is -2.22. The van der Waals surface area contributed by atoms with Crippen LogP contribution in [-0.4, -0.2) is 40.5 Å². The monoisotopic (exact) mass is 197 g/mol. The molecule has 70 valence electrons. The number of hydrogen-bond acceptors (Lipinski definition) is 4. The number of hydrogen-bond donors (Lipinski definition) is 1. The van der Waals surface area contributed by atoms with E-state index in [2.05, 4.69) is 5.40 Å². The van der Waals surface area contributed by atoms with Crippen molar-refractivity contribution in [3.8, 4) is 0 Å². The number of nitrogens with two attached hydrogens (primary N) is 1. The van der Waals surface area contributed by atoms with E-state index in [4.69, 9.17) is 13.3 Å². The van der Waals surface area contributed by atoms with E-state index in [1.54, 1.807) is 21.3 Å². The molecule has 0 aromatic carbocycles. The molecule has 6 heteroatoms. The smallest absolute Gasteiger partial charge is 0.377 e. The predicted octanol–water partition coefficient (Wildman–Crippen LogP) is -0.890. The molecule has 0 atom stereocenters. The van der Waals surface area contributed by atoms with E-state index in [9.17, 15) is 0 Å². The van der Waals surface area contributed by atoms with Gasteiger partial charge in [0.2, 0.25) is 0 Å². The molecule has 0 saturated carbocycles. The molecule has 0 saturated heterocycles. The first-order valence-corrected chi connectivity index (χ1v) is 6.56. The summed E-state index contributed by atoms with van der Waals surface area (Å²) in [6.45, 7) is 1.99. The molecule has 0 unspecified atom stereocenters. The fourth-order valence-electron chi connectivity index (χ4n) is 0.683. The van der Waals surface area contributed by atoms with Gasteiger partial charge in [-0.1, -0.05) is 6.92 Å². The Labute approximate surface area is 72.9 Å². The average Bonchev–Trinajstić information content (AvgIpc) is 2.13. The maximum atomic E-state index is 5.08. The lowest BCUT2D eigenvalue weighted by atomic mass is 11.0. The third-order valence-corrected chi connectivity index (χ3v) is 4.10. The van der Waals surface area contributed by atoms with Crippen LogP contribution in [0.5, 0.6) is 0 Å². The van der Waals surface area contributed by atoms with E-state index in [1.807, 2.05) is 6.92 Å². The zero-order chi connectivity index (χ0) is 9.33. The van der Waals surface area contributed by atoms with Crippen LogP contribution >= 0.6 is 0 Å². The van der Waals surface area contributed by atoms with Gasteiger partial charge in [0, 0.05) is 27.4 Å². The van der Waals surface area contributed by atoms with Crippen LogP contribution in [0.3, 0.4) is 0 Å². The Balaban J connectivity index is 0. The first kappa shape index (κ1) is 13.8. The molecule has 2 N–H and O–H groups in total. The SMILES string of the molecule is CC[Si](OC)(OC)OC.N[SiH3]. The molecule has 0 rings (SSSR count). The summed E-state index contributed by atoms with van der Waals surface area (Å²) >= 11 is 0. The molecule has 0 bridgehead atoms. The van der Waals surface area contributed by atoms with Crippen LogP contribution in [0.25, 0.3) is 0 Å². The maximum Gasteiger partial charge on any atom is 0.499 e. The van der Waals surface area contributed by atoms with Crippen LogP contribution in [0.1, 0.15) is 6.92 Å². The summed E-state index contributed by atoms with van der Waals surface area (Å²) in [6.07, 6.45) is 0. The van der Waals surface area contributed by atoms with Gasteiger partial charge in [-0.15, -0.1) is 0 Å². The van der Waals surface area contributed by atoms with Gasteiger partial charge in [-0.3, -0.25) is 0 Å². The molecule has 0 heterocycles. The summed E-state index contributed by atoms with van der Waals surface area (Å²) in [5, 5.41) is 4.64. The Morgan fingerprint density at radius 1 is 1.09 bits per heavy atom. The van der Waals surface area contributed by atoms with Gasteiger partial charge in [-0.25, -0.2) is 0 Å². The van der Waals surface area contributed by atoms with Gasteiger partial charge in [0.15, 0.2) is 0 Å². The molecule has 0 radical (unpaired) electrons. The van der Waals surface area contributed by atoms with Gasteiger partial charge in [0.1, 0.15) is 0 Å². The fraction of sp³-hybridized carbons (Fsp3) is 1.00. The maximum absolute atomic E-state index is 5.08. The van der Waals surface area contributed by atoms with E-state index < -0.39 is 8.80 Å². The molecular formula is C5H19NO3Si2. The second kappa shape index (κ2) is 8.37. The molecule has 0 fully saturated rings. The third-order valence-electron chi connectivity index (χ3n) is 1.37. The van der Waals surface area contributed by atoms with Gasteiger partial charge in [-0.2, -0.15) is 0 Å². The summed E-state index contributed by atoms with van der Waals surface area (Å²) in [4.78, 5) is 0. The average molecular weight is 197 g/mol. The molecule has 0 spiro atoms. The highest BCUT2D eigenvalue weighted by molar-refractivity contribution is 6.60. The van der Waals surface area contributed by atoms with Crippen molar-refractivity contribution in [1.82, 2.24) is 0 Å². The Morgan fingerprint density at radius 2 is 1.36 bits per heavy atom. The predicted molar refractivity (Wildman–Crippen MR) is 51.4 cm³/mol. The molecule has 0 aliphatic carbocycles. The normalized spacial score (nSPS) is 10.6. The van der Waals surface area contributed by atoms with Crippen molar-refractivity contribution < 1.29 is 13.3 Å². The van der Waals surface area contributed by atoms with Gasteiger partial charge < -0.3 is 18.7 Å². The molecule has 0 aromatic rings. The highest BCUT2D eigenvalue weighted by atomic mass is 28.4. The van der Waals surface area contributed by atoms with Crippen LogP contribution < -0.4 is 5.40 Å². The third kappa shape index (κ3) is 4.67. The second-order valence-electron chi connectivity index (χ2n) is 1.65. The van der Waals surface area contributed by atoms with E-state index in [-0.39, 0.29) is 0 Å². The minimum absolute atomic E-state index is 0.806. The fourth-order valence-corrected chi connectivity index (χ4v) is 2.05. The Bertz CT molecular complexity index is 62.6. The van der Waals surface area contributed by atoms with Crippen molar-refractivity contribution in [1.29, 1.82) is 0 Å². The van der Waals surface area contributed by atoms with E-state index in [0.717, 1.165) is 16.4 Å². The van der Waals surface area contributed by atoms with Gasteiger partial charge in [0.05, 0.1) is 10.4 Å². The van der Waals surface area contributed by atoms with Crippen LogP contribution in [0, 0.1) is 0 Å². The number of rotatable bonds is 4. The van der Waals surface area contributed by atoms with Crippen molar-refractivity contribution in [2.75, 3.05) is 21.3 Å². The van der Waals surface area contributed by atoms with Gasteiger partial charge >= 0.3 is 8.80 Å². The summed E-state index contributed by atoms with van der Waals surface area (Å²) in [5.74, 6) is 0. The summed E-state index contributed by atoms with van der Waals surface area (Å²) in [6, 6.07) is 0.816. The van der Waals surface area contributed by atoms with E-state index >= 15 is 0 Å². The van der Waals surface area contributed by atoms with E-state index in [1.165, 1.54) is 0 Å². The minimum Gasteiger partial charge on any atom is -0.377 e. The van der Waals surface area contributed by atoms with Crippen molar-refractivity contribution in [2.45, 2.75) is 13.0 Å². The van der Waals surface area contributed by atoms with Crippen molar-refractivity contribution >= 4 is 19.2 Å². The van der Waals surface area contributed by atoms with Crippen molar-refractivity contribution in [3.63, 3.8) is 0 Å². The highest BCUT2D eigenvalue weighted by Crippen LogP contribution is 2.10. The van der Waals surface area contributed by atoms with Crippen molar-refractivity contribution in [2.24, 2.45) is 5.40 Å². The Hall–Kier alpha value is 0.274. The molecule has 11 heavy (non-hydrogen) atoms. The zero-order valence-corrected chi connectivity index (χ0v) is 11.0. The van der Waals surface area contributed by atoms with Gasteiger partial charge in [-0.05, 0) is 0 Å². The standard InChI is InChI=1S/C5H14O3Si.H5NSi/c1-5-9(6-2,7-3)8-4;1-2/h5H2,1-4H3;1H2,2H3. The molecule has 0 amide bonds. The van der Waals surface area contributed by atoms with Crippen LogP contribution in [0.4, 0.5) is 0 Å². The molecular weight excluding hydrogens is 178 g/mol. The molecule has 4 nitrogen and oxygen atoms in total. The van der Waals surface area contributed by atoms with E-state index in [0.29, 0.717) is 0 Å².